The lowest BCUT2D eigenvalue weighted by Gasteiger charge is -2.19. The van der Waals surface area contributed by atoms with E-state index in [4.69, 9.17) is 9.26 Å². The van der Waals surface area contributed by atoms with E-state index in [0.717, 1.165) is 17.5 Å². The minimum absolute atomic E-state index is 0.0271. The fraction of sp³-hybridized carbons (Fsp3) is 0.389. The SMILES string of the molecule is Cn1nccc1[C@@H]1OCC[C@H]1CNC(=O)Cc1noc2ccccc12. The minimum Gasteiger partial charge on any atom is -0.372 e. The maximum absolute atomic E-state index is 12.3. The number of para-hydroxylation sites is 1. The number of aromatic nitrogens is 3. The monoisotopic (exact) mass is 340 g/mol. The molecular formula is C18H20N4O3. The van der Waals surface area contributed by atoms with Gasteiger partial charge in [0.15, 0.2) is 5.58 Å². The van der Waals surface area contributed by atoms with Gasteiger partial charge in [-0.05, 0) is 24.6 Å². The quantitative estimate of drug-likeness (QED) is 0.768. The lowest BCUT2D eigenvalue weighted by atomic mass is 9.99. The number of aryl methyl sites for hydroxylation is 1. The summed E-state index contributed by atoms with van der Waals surface area (Å²) >= 11 is 0. The fourth-order valence-electron chi connectivity index (χ4n) is 3.36. The predicted molar refractivity (Wildman–Crippen MR) is 90.7 cm³/mol. The number of hydrogen-bond donors (Lipinski definition) is 1. The lowest BCUT2D eigenvalue weighted by Crippen LogP contribution is -2.32. The zero-order valence-electron chi connectivity index (χ0n) is 14.0. The van der Waals surface area contributed by atoms with E-state index in [-0.39, 0.29) is 24.3 Å². The molecule has 0 spiro atoms. The fourth-order valence-corrected chi connectivity index (χ4v) is 3.36. The van der Waals surface area contributed by atoms with Crippen LogP contribution in [-0.2, 0) is 23.0 Å². The molecule has 7 nitrogen and oxygen atoms in total. The standard InChI is InChI=1S/C18H20N4O3/c1-22-15(6-8-20-22)18-12(7-9-24-18)11-19-17(23)10-14-13-4-2-3-5-16(13)25-21-14/h2-6,8,12,18H,7,9-11H2,1H3,(H,19,23)/t12-,18+/m0/s1. The number of fused-ring (bicyclic) bond motifs is 1. The van der Waals surface area contributed by atoms with E-state index >= 15 is 0 Å². The van der Waals surface area contributed by atoms with E-state index in [1.165, 1.54) is 0 Å². The van der Waals surface area contributed by atoms with Crippen LogP contribution in [0.1, 0.15) is 23.9 Å². The molecule has 0 unspecified atom stereocenters. The van der Waals surface area contributed by atoms with Gasteiger partial charge in [0, 0.05) is 37.7 Å². The topological polar surface area (TPSA) is 82.2 Å². The minimum atomic E-state index is -0.0605. The number of amides is 1. The van der Waals surface area contributed by atoms with Gasteiger partial charge in [0.2, 0.25) is 5.91 Å². The smallest absolute Gasteiger partial charge is 0.226 e. The van der Waals surface area contributed by atoms with E-state index in [0.29, 0.717) is 24.4 Å². The van der Waals surface area contributed by atoms with Gasteiger partial charge in [-0.25, -0.2) is 0 Å². The summed E-state index contributed by atoms with van der Waals surface area (Å²) in [5, 5.41) is 12.1. The van der Waals surface area contributed by atoms with Crippen molar-refractivity contribution < 1.29 is 14.1 Å². The number of rotatable bonds is 5. The van der Waals surface area contributed by atoms with Crippen LogP contribution < -0.4 is 5.32 Å². The van der Waals surface area contributed by atoms with Crippen molar-refractivity contribution in [1.29, 1.82) is 0 Å². The molecular weight excluding hydrogens is 320 g/mol. The summed E-state index contributed by atoms with van der Waals surface area (Å²) in [6, 6.07) is 9.52. The molecule has 130 valence electrons. The molecule has 1 amide bonds. The van der Waals surface area contributed by atoms with Gasteiger partial charge in [0.25, 0.3) is 0 Å². The van der Waals surface area contributed by atoms with Gasteiger partial charge in [-0.2, -0.15) is 5.10 Å². The molecule has 2 atom stereocenters. The molecule has 3 heterocycles. The maximum atomic E-state index is 12.3. The predicted octanol–water partition coefficient (Wildman–Crippen LogP) is 2.00. The van der Waals surface area contributed by atoms with Crippen molar-refractivity contribution in [2.45, 2.75) is 18.9 Å². The number of ether oxygens (including phenoxy) is 1. The first kappa shape index (κ1) is 15.8. The average molecular weight is 340 g/mol. The number of nitrogens with one attached hydrogen (secondary N) is 1. The highest BCUT2D eigenvalue weighted by Gasteiger charge is 2.31. The molecule has 0 radical (unpaired) electrons. The molecule has 1 saturated heterocycles. The van der Waals surface area contributed by atoms with Crippen LogP contribution in [0.15, 0.2) is 41.1 Å². The first-order valence-electron chi connectivity index (χ1n) is 8.42. The molecule has 0 aliphatic carbocycles. The Hall–Kier alpha value is -2.67. The summed E-state index contributed by atoms with van der Waals surface area (Å²) in [5.74, 6) is 0.183. The molecule has 2 aromatic heterocycles. The van der Waals surface area contributed by atoms with Crippen LogP contribution in [0, 0.1) is 5.92 Å². The van der Waals surface area contributed by atoms with Crippen molar-refractivity contribution in [2.75, 3.05) is 13.2 Å². The second-order valence-corrected chi connectivity index (χ2v) is 6.33. The third-order valence-electron chi connectivity index (χ3n) is 4.71. The first-order valence-corrected chi connectivity index (χ1v) is 8.42. The van der Waals surface area contributed by atoms with E-state index < -0.39 is 0 Å². The number of nitrogens with zero attached hydrogens (tertiary/aromatic N) is 3. The lowest BCUT2D eigenvalue weighted by molar-refractivity contribution is -0.120. The molecule has 3 aromatic rings. The van der Waals surface area contributed by atoms with Crippen LogP contribution in [0.3, 0.4) is 0 Å². The Morgan fingerprint density at radius 3 is 3.08 bits per heavy atom. The Bertz CT molecular complexity index is 885. The van der Waals surface area contributed by atoms with Crippen molar-refractivity contribution in [2.24, 2.45) is 13.0 Å². The van der Waals surface area contributed by atoms with Crippen LogP contribution >= 0.6 is 0 Å². The second-order valence-electron chi connectivity index (χ2n) is 6.33. The third kappa shape index (κ3) is 3.15. The van der Waals surface area contributed by atoms with Gasteiger partial charge < -0.3 is 14.6 Å². The van der Waals surface area contributed by atoms with Crippen LogP contribution in [0.5, 0.6) is 0 Å². The summed E-state index contributed by atoms with van der Waals surface area (Å²) in [6.45, 7) is 1.27. The zero-order valence-corrected chi connectivity index (χ0v) is 14.0. The highest BCUT2D eigenvalue weighted by molar-refractivity contribution is 5.86. The number of carbonyl (C=O) groups excluding carboxylic acids is 1. The summed E-state index contributed by atoms with van der Waals surface area (Å²) < 4.78 is 12.9. The first-order chi connectivity index (χ1) is 12.2. The summed E-state index contributed by atoms with van der Waals surface area (Å²) in [7, 11) is 1.91. The van der Waals surface area contributed by atoms with Crippen molar-refractivity contribution in [3.05, 3.63) is 47.9 Å². The Kier molecular flexibility index (Phi) is 4.23. The molecule has 0 bridgehead atoms. The molecule has 4 rings (SSSR count). The van der Waals surface area contributed by atoms with Gasteiger partial charge >= 0.3 is 0 Å². The zero-order chi connectivity index (χ0) is 17.2. The number of hydrogen-bond acceptors (Lipinski definition) is 5. The Morgan fingerprint density at radius 1 is 1.36 bits per heavy atom. The van der Waals surface area contributed by atoms with Crippen molar-refractivity contribution in [3.8, 4) is 0 Å². The Morgan fingerprint density at radius 2 is 2.24 bits per heavy atom. The van der Waals surface area contributed by atoms with Crippen molar-refractivity contribution >= 4 is 16.9 Å². The van der Waals surface area contributed by atoms with Crippen LogP contribution in [-0.4, -0.2) is 34.0 Å². The van der Waals surface area contributed by atoms with Gasteiger partial charge in [-0.1, -0.05) is 17.3 Å². The number of benzene rings is 1. The van der Waals surface area contributed by atoms with Crippen LogP contribution in [0.25, 0.3) is 11.0 Å². The normalized spacial score (nSPS) is 20.2. The molecule has 7 heteroatoms. The molecule has 1 aliphatic heterocycles. The molecule has 1 N–H and O–H groups in total. The van der Waals surface area contributed by atoms with E-state index in [1.54, 1.807) is 6.20 Å². The van der Waals surface area contributed by atoms with Crippen molar-refractivity contribution in [3.63, 3.8) is 0 Å². The summed E-state index contributed by atoms with van der Waals surface area (Å²) in [5.41, 5.74) is 2.41. The molecule has 0 saturated carbocycles. The van der Waals surface area contributed by atoms with Crippen molar-refractivity contribution in [1.82, 2.24) is 20.3 Å². The molecule has 1 aliphatic rings. The van der Waals surface area contributed by atoms with Gasteiger partial charge in [0.05, 0.1) is 12.1 Å². The highest BCUT2D eigenvalue weighted by Crippen LogP contribution is 2.33. The average Bonchev–Trinajstić information content (AvgIpc) is 3.33. The van der Waals surface area contributed by atoms with E-state index in [9.17, 15) is 4.79 Å². The molecule has 1 aromatic carbocycles. The Balaban J connectivity index is 1.38. The molecule has 25 heavy (non-hydrogen) atoms. The largest absolute Gasteiger partial charge is 0.372 e. The second kappa shape index (κ2) is 6.68. The highest BCUT2D eigenvalue weighted by atomic mass is 16.5. The summed E-state index contributed by atoms with van der Waals surface area (Å²) in [6.07, 6.45) is 2.87. The van der Waals surface area contributed by atoms with E-state index in [1.807, 2.05) is 42.1 Å². The van der Waals surface area contributed by atoms with E-state index in [2.05, 4.69) is 15.6 Å². The Labute approximate surface area is 144 Å². The maximum Gasteiger partial charge on any atom is 0.226 e. The van der Waals surface area contributed by atoms with Gasteiger partial charge in [-0.3, -0.25) is 9.48 Å². The van der Waals surface area contributed by atoms with Crippen LogP contribution in [0.2, 0.25) is 0 Å². The third-order valence-corrected chi connectivity index (χ3v) is 4.71. The van der Waals surface area contributed by atoms with Gasteiger partial charge in [-0.15, -0.1) is 0 Å². The van der Waals surface area contributed by atoms with Crippen LogP contribution in [0.4, 0.5) is 0 Å². The summed E-state index contributed by atoms with van der Waals surface area (Å²) in [4.78, 5) is 12.3. The van der Waals surface area contributed by atoms with Gasteiger partial charge in [0.1, 0.15) is 11.8 Å². The molecule has 1 fully saturated rings. The number of carbonyl (C=O) groups is 1.